The largest absolute Gasteiger partial charge is 0.475 e. The van der Waals surface area contributed by atoms with Crippen LogP contribution in [-0.4, -0.2) is 22.0 Å². The molecule has 2 aromatic heterocycles. The Morgan fingerprint density at radius 1 is 1.47 bits per heavy atom. The summed E-state index contributed by atoms with van der Waals surface area (Å²) in [6, 6.07) is 2.85. The number of nitrogens with zero attached hydrogens (tertiary/aromatic N) is 1. The van der Waals surface area contributed by atoms with Crippen molar-refractivity contribution >= 4 is 23.2 Å². The SMILES string of the molecule is O=C(O)c1ccc(CNC(=O)c2cncs2)o1. The fraction of sp³-hybridized carbons (Fsp3) is 0.100. The number of furan rings is 1. The monoisotopic (exact) mass is 252 g/mol. The molecular weight excluding hydrogens is 244 g/mol. The maximum atomic E-state index is 11.5. The first-order valence-electron chi connectivity index (χ1n) is 4.65. The molecule has 1 amide bonds. The van der Waals surface area contributed by atoms with Crippen LogP contribution in [0.2, 0.25) is 0 Å². The second kappa shape index (κ2) is 4.79. The molecule has 0 spiro atoms. The molecule has 0 aliphatic heterocycles. The Bertz CT molecular complexity index is 532. The minimum absolute atomic E-state index is 0.143. The van der Waals surface area contributed by atoms with Crippen molar-refractivity contribution in [3.8, 4) is 0 Å². The van der Waals surface area contributed by atoms with Crippen LogP contribution in [0.3, 0.4) is 0 Å². The van der Waals surface area contributed by atoms with Gasteiger partial charge in [-0.3, -0.25) is 9.78 Å². The van der Waals surface area contributed by atoms with Gasteiger partial charge in [-0.2, -0.15) is 0 Å². The second-order valence-corrected chi connectivity index (χ2v) is 4.01. The lowest BCUT2D eigenvalue weighted by Gasteiger charge is -1.99. The third kappa shape index (κ3) is 2.70. The van der Waals surface area contributed by atoms with Crippen LogP contribution < -0.4 is 5.32 Å². The predicted molar refractivity (Wildman–Crippen MR) is 59.0 cm³/mol. The molecule has 88 valence electrons. The standard InChI is InChI=1S/C10H8N2O4S/c13-9(8-4-11-5-17-8)12-3-6-1-2-7(16-6)10(14)15/h1-2,4-5H,3H2,(H,12,13)(H,14,15). The van der Waals surface area contributed by atoms with Crippen molar-refractivity contribution in [3.05, 3.63) is 40.2 Å². The summed E-state index contributed by atoms with van der Waals surface area (Å²) in [6.45, 7) is 0.143. The van der Waals surface area contributed by atoms with Gasteiger partial charge in [0.05, 0.1) is 18.3 Å². The van der Waals surface area contributed by atoms with E-state index in [1.165, 1.54) is 29.7 Å². The highest BCUT2D eigenvalue weighted by atomic mass is 32.1. The van der Waals surface area contributed by atoms with Crippen molar-refractivity contribution in [2.24, 2.45) is 0 Å². The van der Waals surface area contributed by atoms with E-state index >= 15 is 0 Å². The van der Waals surface area contributed by atoms with Gasteiger partial charge in [0.25, 0.3) is 5.91 Å². The van der Waals surface area contributed by atoms with Gasteiger partial charge in [-0.25, -0.2) is 4.79 Å². The number of amides is 1. The number of hydrogen-bond acceptors (Lipinski definition) is 5. The van der Waals surface area contributed by atoms with E-state index in [1.54, 1.807) is 5.51 Å². The molecule has 2 aromatic rings. The first kappa shape index (κ1) is 11.3. The van der Waals surface area contributed by atoms with Crippen LogP contribution in [0.25, 0.3) is 0 Å². The third-order valence-corrected chi connectivity index (χ3v) is 2.72. The van der Waals surface area contributed by atoms with Gasteiger partial charge in [0, 0.05) is 0 Å². The first-order valence-corrected chi connectivity index (χ1v) is 5.53. The van der Waals surface area contributed by atoms with Gasteiger partial charge in [0.1, 0.15) is 10.6 Å². The summed E-state index contributed by atoms with van der Waals surface area (Å²) in [5.74, 6) is -1.15. The van der Waals surface area contributed by atoms with E-state index in [4.69, 9.17) is 9.52 Å². The van der Waals surface area contributed by atoms with Crippen LogP contribution in [0, 0.1) is 0 Å². The Labute approximate surface area is 99.9 Å². The van der Waals surface area contributed by atoms with Gasteiger partial charge in [-0.1, -0.05) is 0 Å². The van der Waals surface area contributed by atoms with E-state index in [9.17, 15) is 9.59 Å². The van der Waals surface area contributed by atoms with Crippen molar-refractivity contribution in [1.29, 1.82) is 0 Å². The number of aromatic nitrogens is 1. The summed E-state index contributed by atoms with van der Waals surface area (Å²) in [5.41, 5.74) is 1.56. The average molecular weight is 252 g/mol. The molecule has 0 fully saturated rings. The van der Waals surface area contributed by atoms with Gasteiger partial charge in [-0.15, -0.1) is 11.3 Å². The Morgan fingerprint density at radius 3 is 2.88 bits per heavy atom. The van der Waals surface area contributed by atoms with Gasteiger partial charge in [0.15, 0.2) is 0 Å². The van der Waals surface area contributed by atoms with Gasteiger partial charge < -0.3 is 14.8 Å². The van der Waals surface area contributed by atoms with E-state index in [0.29, 0.717) is 10.6 Å². The molecule has 2 rings (SSSR count). The highest BCUT2D eigenvalue weighted by Crippen LogP contribution is 2.09. The van der Waals surface area contributed by atoms with E-state index < -0.39 is 5.97 Å². The summed E-state index contributed by atoms with van der Waals surface area (Å²) in [4.78, 5) is 26.4. The van der Waals surface area contributed by atoms with E-state index in [1.807, 2.05) is 0 Å². The molecule has 2 N–H and O–H groups in total. The van der Waals surface area contributed by atoms with Crippen LogP contribution in [0.4, 0.5) is 0 Å². The quantitative estimate of drug-likeness (QED) is 0.857. The van der Waals surface area contributed by atoms with Gasteiger partial charge >= 0.3 is 5.97 Å². The molecule has 17 heavy (non-hydrogen) atoms. The maximum Gasteiger partial charge on any atom is 0.371 e. The number of carboxylic acid groups (broad SMARTS) is 1. The number of nitrogens with one attached hydrogen (secondary N) is 1. The van der Waals surface area contributed by atoms with Crippen LogP contribution in [-0.2, 0) is 6.54 Å². The molecule has 2 heterocycles. The normalized spacial score (nSPS) is 10.1. The topological polar surface area (TPSA) is 92.4 Å². The molecule has 0 saturated heterocycles. The van der Waals surface area contributed by atoms with E-state index in [-0.39, 0.29) is 18.2 Å². The van der Waals surface area contributed by atoms with Crippen molar-refractivity contribution in [3.63, 3.8) is 0 Å². The third-order valence-electron chi connectivity index (χ3n) is 1.95. The zero-order chi connectivity index (χ0) is 12.3. The van der Waals surface area contributed by atoms with E-state index in [2.05, 4.69) is 10.3 Å². The lowest BCUT2D eigenvalue weighted by atomic mass is 10.4. The lowest BCUT2D eigenvalue weighted by molar-refractivity contribution is 0.0660. The lowest BCUT2D eigenvalue weighted by Crippen LogP contribution is -2.21. The fourth-order valence-electron chi connectivity index (χ4n) is 1.17. The Hall–Kier alpha value is -2.15. The molecule has 0 aliphatic rings. The zero-order valence-electron chi connectivity index (χ0n) is 8.54. The number of aromatic carboxylic acids is 1. The summed E-state index contributed by atoms with van der Waals surface area (Å²) in [7, 11) is 0. The summed E-state index contributed by atoms with van der Waals surface area (Å²) in [5, 5.41) is 11.2. The van der Waals surface area contributed by atoms with Crippen molar-refractivity contribution in [2.45, 2.75) is 6.54 Å². The number of carbonyl (C=O) groups excluding carboxylic acids is 1. The van der Waals surface area contributed by atoms with Crippen molar-refractivity contribution in [2.75, 3.05) is 0 Å². The Morgan fingerprint density at radius 2 is 2.29 bits per heavy atom. The zero-order valence-corrected chi connectivity index (χ0v) is 9.36. The fourth-order valence-corrected chi connectivity index (χ4v) is 1.71. The number of rotatable bonds is 4. The van der Waals surface area contributed by atoms with Crippen molar-refractivity contribution < 1.29 is 19.1 Å². The average Bonchev–Trinajstić information content (AvgIpc) is 2.97. The Kier molecular flexibility index (Phi) is 3.20. The van der Waals surface area contributed by atoms with Crippen molar-refractivity contribution in [1.82, 2.24) is 10.3 Å². The predicted octanol–water partition coefficient (Wildman–Crippen LogP) is 1.36. The molecule has 0 atom stereocenters. The minimum Gasteiger partial charge on any atom is -0.475 e. The summed E-state index contributed by atoms with van der Waals surface area (Å²) >= 11 is 1.23. The molecule has 0 aliphatic carbocycles. The summed E-state index contributed by atoms with van der Waals surface area (Å²) < 4.78 is 4.99. The molecule has 0 radical (unpaired) electrons. The number of carboxylic acids is 1. The van der Waals surface area contributed by atoms with Crippen LogP contribution in [0.5, 0.6) is 0 Å². The molecule has 0 unspecified atom stereocenters. The second-order valence-electron chi connectivity index (χ2n) is 3.12. The molecule has 0 aromatic carbocycles. The molecular formula is C10H8N2O4S. The Balaban J connectivity index is 1.93. The minimum atomic E-state index is -1.13. The number of thiazole rings is 1. The highest BCUT2D eigenvalue weighted by Gasteiger charge is 2.11. The van der Waals surface area contributed by atoms with Crippen LogP contribution in [0.15, 0.2) is 28.3 Å². The molecule has 7 heteroatoms. The first-order chi connectivity index (χ1) is 8.16. The molecule has 0 bridgehead atoms. The smallest absolute Gasteiger partial charge is 0.371 e. The highest BCUT2D eigenvalue weighted by molar-refractivity contribution is 7.11. The number of hydrogen-bond donors (Lipinski definition) is 2. The van der Waals surface area contributed by atoms with E-state index in [0.717, 1.165) is 0 Å². The van der Waals surface area contributed by atoms with Crippen LogP contribution >= 0.6 is 11.3 Å². The summed E-state index contributed by atoms with van der Waals surface area (Å²) in [6.07, 6.45) is 1.46. The van der Waals surface area contributed by atoms with Crippen LogP contribution in [0.1, 0.15) is 26.0 Å². The molecule has 0 saturated carbocycles. The number of carbonyl (C=O) groups is 2. The molecule has 6 nitrogen and oxygen atoms in total. The van der Waals surface area contributed by atoms with Gasteiger partial charge in [-0.05, 0) is 12.1 Å². The maximum absolute atomic E-state index is 11.5. The van der Waals surface area contributed by atoms with Gasteiger partial charge in [0.2, 0.25) is 5.76 Å².